The highest BCUT2D eigenvalue weighted by Crippen LogP contribution is 2.36. The first kappa shape index (κ1) is 13.1. The number of carboxylic acid groups (broad SMARTS) is 1. The van der Waals surface area contributed by atoms with Crippen molar-refractivity contribution in [3.8, 4) is 0 Å². The summed E-state index contributed by atoms with van der Waals surface area (Å²) < 4.78 is 31.6. The third-order valence-corrected chi connectivity index (χ3v) is 3.15. The van der Waals surface area contributed by atoms with Crippen molar-refractivity contribution in [1.82, 2.24) is 0 Å². The first-order chi connectivity index (χ1) is 7.33. The Morgan fingerprint density at radius 2 is 2.19 bits per heavy atom. The van der Waals surface area contributed by atoms with E-state index in [0.29, 0.717) is 5.56 Å². The van der Waals surface area contributed by atoms with Crippen molar-refractivity contribution in [2.45, 2.75) is 19.8 Å². The van der Waals surface area contributed by atoms with E-state index in [1.165, 1.54) is 0 Å². The molecule has 0 aromatic carbocycles. The zero-order valence-electron chi connectivity index (χ0n) is 8.92. The number of aliphatic carboxylic acids is 1. The van der Waals surface area contributed by atoms with Gasteiger partial charge in [-0.3, -0.25) is 0 Å². The number of rotatable bonds is 5. The van der Waals surface area contributed by atoms with Gasteiger partial charge in [0.25, 0.3) is 0 Å². The van der Waals surface area contributed by atoms with Gasteiger partial charge in [-0.25, -0.2) is 4.79 Å². The van der Waals surface area contributed by atoms with Crippen LogP contribution < -0.4 is 0 Å². The Hall–Kier alpha value is -1.01. The number of aryl methyl sites for hydroxylation is 2. The summed E-state index contributed by atoms with van der Waals surface area (Å²) in [6.07, 6.45) is 0. The Balaban J connectivity index is 2.69. The molecule has 0 bridgehead atoms. The van der Waals surface area contributed by atoms with Gasteiger partial charge in [0.2, 0.25) is 0 Å². The van der Waals surface area contributed by atoms with Gasteiger partial charge in [-0.15, -0.1) is 11.3 Å². The zero-order chi connectivity index (χ0) is 12.3. The fourth-order valence-corrected chi connectivity index (χ4v) is 2.32. The standard InChI is InChI=1S/C10H12F2O3S/c1-6-3-7(2)16-9(6)10(11,12)5-15-4-8(13)14/h3H,4-5H2,1-2H3,(H,13,14). The molecule has 0 spiro atoms. The lowest BCUT2D eigenvalue weighted by molar-refractivity contribution is -0.147. The van der Waals surface area contributed by atoms with E-state index in [-0.39, 0.29) is 4.88 Å². The summed E-state index contributed by atoms with van der Waals surface area (Å²) in [6.45, 7) is 1.73. The summed E-state index contributed by atoms with van der Waals surface area (Å²) in [4.78, 5) is 10.9. The van der Waals surface area contributed by atoms with Crippen molar-refractivity contribution in [2.75, 3.05) is 13.2 Å². The van der Waals surface area contributed by atoms with Gasteiger partial charge in [-0.05, 0) is 25.5 Å². The molecule has 0 aliphatic carbocycles. The Morgan fingerprint density at radius 3 is 2.62 bits per heavy atom. The van der Waals surface area contributed by atoms with E-state index in [2.05, 4.69) is 4.74 Å². The molecule has 1 aromatic rings. The van der Waals surface area contributed by atoms with E-state index in [4.69, 9.17) is 5.11 Å². The number of hydrogen-bond donors (Lipinski definition) is 1. The van der Waals surface area contributed by atoms with Gasteiger partial charge in [0.1, 0.15) is 13.2 Å². The Bertz CT molecular complexity index is 387. The topological polar surface area (TPSA) is 46.5 Å². The third-order valence-electron chi connectivity index (χ3n) is 1.88. The second kappa shape index (κ2) is 4.88. The number of halogens is 2. The van der Waals surface area contributed by atoms with E-state index in [1.54, 1.807) is 19.9 Å². The van der Waals surface area contributed by atoms with E-state index >= 15 is 0 Å². The van der Waals surface area contributed by atoms with E-state index < -0.39 is 25.1 Å². The molecule has 16 heavy (non-hydrogen) atoms. The fourth-order valence-electron chi connectivity index (χ4n) is 1.34. The Labute approximate surface area is 95.7 Å². The van der Waals surface area contributed by atoms with Crippen LogP contribution in [0.2, 0.25) is 0 Å². The van der Waals surface area contributed by atoms with Crippen molar-refractivity contribution >= 4 is 17.3 Å². The van der Waals surface area contributed by atoms with Crippen LogP contribution in [0.3, 0.4) is 0 Å². The molecule has 1 rings (SSSR count). The number of alkyl halides is 2. The largest absolute Gasteiger partial charge is 0.480 e. The number of carbonyl (C=O) groups is 1. The van der Waals surface area contributed by atoms with Crippen LogP contribution in [0.1, 0.15) is 15.3 Å². The molecule has 0 amide bonds. The molecule has 90 valence electrons. The molecular weight excluding hydrogens is 238 g/mol. The Kier molecular flexibility index (Phi) is 3.98. The average Bonchev–Trinajstić information content (AvgIpc) is 2.44. The van der Waals surface area contributed by atoms with Crippen LogP contribution in [0, 0.1) is 13.8 Å². The minimum Gasteiger partial charge on any atom is -0.480 e. The lowest BCUT2D eigenvalue weighted by Crippen LogP contribution is -2.23. The summed E-state index contributed by atoms with van der Waals surface area (Å²) in [5, 5.41) is 8.27. The average molecular weight is 250 g/mol. The predicted octanol–water partition coefficient (Wildman–Crippen LogP) is 2.56. The van der Waals surface area contributed by atoms with Crippen LogP contribution in [0.15, 0.2) is 6.07 Å². The van der Waals surface area contributed by atoms with Gasteiger partial charge in [0.05, 0.1) is 4.88 Å². The predicted molar refractivity (Wildman–Crippen MR) is 56.1 cm³/mol. The first-order valence-corrected chi connectivity index (χ1v) is 5.39. The normalized spacial score (nSPS) is 11.8. The third kappa shape index (κ3) is 3.24. The smallest absolute Gasteiger partial charge is 0.329 e. The molecule has 0 aliphatic rings. The molecule has 0 fully saturated rings. The molecular formula is C10H12F2O3S. The quantitative estimate of drug-likeness (QED) is 0.873. The van der Waals surface area contributed by atoms with Gasteiger partial charge < -0.3 is 9.84 Å². The monoisotopic (exact) mass is 250 g/mol. The molecule has 6 heteroatoms. The number of thiophene rings is 1. The van der Waals surface area contributed by atoms with Crippen LogP contribution >= 0.6 is 11.3 Å². The fraction of sp³-hybridized carbons (Fsp3) is 0.500. The first-order valence-electron chi connectivity index (χ1n) is 4.58. The summed E-state index contributed by atoms with van der Waals surface area (Å²) in [5.41, 5.74) is 0.506. The van der Waals surface area contributed by atoms with Crippen molar-refractivity contribution in [3.05, 3.63) is 21.4 Å². The highest BCUT2D eigenvalue weighted by atomic mass is 32.1. The van der Waals surface area contributed by atoms with Crippen LogP contribution in [-0.2, 0) is 15.5 Å². The minimum absolute atomic E-state index is 0.0598. The van der Waals surface area contributed by atoms with E-state index in [9.17, 15) is 13.6 Å². The molecule has 0 unspecified atom stereocenters. The highest BCUT2D eigenvalue weighted by Gasteiger charge is 2.35. The molecule has 1 aromatic heterocycles. The maximum absolute atomic E-state index is 13.6. The van der Waals surface area contributed by atoms with Gasteiger partial charge in [0.15, 0.2) is 0 Å². The summed E-state index contributed by atoms with van der Waals surface area (Å²) >= 11 is 1.00. The molecule has 0 saturated carbocycles. The molecule has 0 atom stereocenters. The lowest BCUT2D eigenvalue weighted by atomic mass is 10.2. The summed E-state index contributed by atoms with van der Waals surface area (Å²) in [5.74, 6) is -4.38. The van der Waals surface area contributed by atoms with Gasteiger partial charge >= 0.3 is 11.9 Å². The summed E-state index contributed by atoms with van der Waals surface area (Å²) in [6, 6.07) is 1.67. The number of carboxylic acids is 1. The zero-order valence-corrected chi connectivity index (χ0v) is 9.74. The van der Waals surface area contributed by atoms with Crippen LogP contribution in [0.4, 0.5) is 8.78 Å². The van der Waals surface area contributed by atoms with Crippen molar-refractivity contribution in [3.63, 3.8) is 0 Å². The second-order valence-electron chi connectivity index (χ2n) is 3.46. The minimum atomic E-state index is -3.13. The molecule has 0 aliphatic heterocycles. The summed E-state index contributed by atoms with van der Waals surface area (Å²) in [7, 11) is 0. The SMILES string of the molecule is Cc1cc(C)c(C(F)(F)COCC(=O)O)s1. The van der Waals surface area contributed by atoms with Crippen LogP contribution in [0.5, 0.6) is 0 Å². The van der Waals surface area contributed by atoms with Crippen LogP contribution in [0.25, 0.3) is 0 Å². The van der Waals surface area contributed by atoms with Crippen molar-refractivity contribution in [2.24, 2.45) is 0 Å². The van der Waals surface area contributed by atoms with Crippen LogP contribution in [-0.4, -0.2) is 24.3 Å². The molecule has 1 heterocycles. The maximum atomic E-state index is 13.6. The van der Waals surface area contributed by atoms with Gasteiger partial charge in [-0.2, -0.15) is 8.78 Å². The lowest BCUT2D eigenvalue weighted by Gasteiger charge is -2.15. The van der Waals surface area contributed by atoms with Crippen molar-refractivity contribution < 1.29 is 23.4 Å². The molecule has 0 radical (unpaired) electrons. The molecule has 0 saturated heterocycles. The molecule has 1 N–H and O–H groups in total. The second-order valence-corrected chi connectivity index (χ2v) is 4.72. The molecule has 3 nitrogen and oxygen atoms in total. The highest BCUT2D eigenvalue weighted by molar-refractivity contribution is 7.12. The van der Waals surface area contributed by atoms with Gasteiger partial charge in [0, 0.05) is 4.88 Å². The van der Waals surface area contributed by atoms with E-state index in [1.807, 2.05) is 0 Å². The Morgan fingerprint density at radius 1 is 1.56 bits per heavy atom. The van der Waals surface area contributed by atoms with Crippen molar-refractivity contribution in [1.29, 1.82) is 0 Å². The van der Waals surface area contributed by atoms with E-state index in [0.717, 1.165) is 16.2 Å². The van der Waals surface area contributed by atoms with Gasteiger partial charge in [-0.1, -0.05) is 0 Å². The number of ether oxygens (including phenoxy) is 1. The number of hydrogen-bond acceptors (Lipinski definition) is 3. The maximum Gasteiger partial charge on any atom is 0.329 e.